The van der Waals surface area contributed by atoms with Crippen molar-refractivity contribution in [1.29, 1.82) is 0 Å². The lowest BCUT2D eigenvalue weighted by Gasteiger charge is -2.53. The molecule has 2 fully saturated rings. The summed E-state index contributed by atoms with van der Waals surface area (Å²) in [5.74, 6) is -3.52. The first-order valence-electron chi connectivity index (χ1n) is 10.7. The van der Waals surface area contributed by atoms with E-state index in [0.717, 1.165) is 28.0 Å². The Hall–Kier alpha value is -3.56. The Morgan fingerprint density at radius 3 is 2.79 bits per heavy atom. The monoisotopic (exact) mass is 587 g/mol. The molecular weight excluding hydrogens is 566 g/mol. The minimum absolute atomic E-state index is 0.0188. The highest BCUT2D eigenvalue weighted by atomic mass is 32.2. The third-order valence-electron chi connectivity index (χ3n) is 5.38. The first-order valence-corrected chi connectivity index (χ1v) is 13.5. The van der Waals surface area contributed by atoms with Crippen LogP contribution in [0.2, 0.25) is 0 Å². The number of tetrazole rings is 1. The van der Waals surface area contributed by atoms with Gasteiger partial charge >= 0.3 is 11.9 Å². The van der Waals surface area contributed by atoms with E-state index in [1.54, 1.807) is 0 Å². The Morgan fingerprint density at radius 1 is 1.34 bits per heavy atom. The maximum absolute atomic E-state index is 12.9. The molecule has 204 valence electrons. The van der Waals surface area contributed by atoms with E-state index in [9.17, 15) is 24.3 Å². The maximum atomic E-state index is 12.9. The van der Waals surface area contributed by atoms with Crippen molar-refractivity contribution in [3.8, 4) is 0 Å². The smallest absolute Gasteiger partial charge is 0.325 e. The summed E-state index contributed by atoms with van der Waals surface area (Å²) in [4.78, 5) is 59.4. The van der Waals surface area contributed by atoms with Gasteiger partial charge in [-0.05, 0) is 10.4 Å². The Bertz CT molecular complexity index is 1270. The zero-order valence-electron chi connectivity index (χ0n) is 19.3. The summed E-state index contributed by atoms with van der Waals surface area (Å²) in [7, 11) is 0. The predicted octanol–water partition coefficient (Wildman–Crippen LogP) is -2.87. The number of oxime groups is 1. The number of anilines is 1. The number of hydrogen-bond donors (Lipinski definition) is 5. The Balaban J connectivity index is 1.42. The average molecular weight is 588 g/mol. The molecule has 2 saturated heterocycles. The zero-order valence-corrected chi connectivity index (χ0v) is 21.7. The first kappa shape index (κ1) is 27.5. The van der Waals surface area contributed by atoms with Gasteiger partial charge in [0.1, 0.15) is 30.0 Å². The molecule has 0 saturated carbocycles. The summed E-state index contributed by atoms with van der Waals surface area (Å²) < 4.78 is 5.00. The third kappa shape index (κ3) is 5.63. The molecule has 4 rings (SSSR count). The zero-order chi connectivity index (χ0) is 27.4. The quantitative estimate of drug-likeness (QED) is 0.0549. The van der Waals surface area contributed by atoms with Gasteiger partial charge in [0.05, 0.1) is 0 Å². The largest absolute Gasteiger partial charge is 0.481 e. The number of carbonyl (C=O) groups excluding carboxylic acids is 2. The van der Waals surface area contributed by atoms with Crippen LogP contribution in [0.5, 0.6) is 0 Å². The van der Waals surface area contributed by atoms with E-state index in [1.165, 1.54) is 16.7 Å². The first-order chi connectivity index (χ1) is 18.1. The number of aliphatic carboxylic acids is 2. The van der Waals surface area contributed by atoms with Crippen LogP contribution >= 0.6 is 35.1 Å². The highest BCUT2D eigenvalue weighted by molar-refractivity contribution is 8.00. The molecule has 2 amide bonds. The van der Waals surface area contributed by atoms with Gasteiger partial charge in [0.15, 0.2) is 5.13 Å². The number of fused-ring (bicyclic) bond motifs is 1. The van der Waals surface area contributed by atoms with E-state index in [2.05, 4.69) is 35.4 Å². The van der Waals surface area contributed by atoms with Gasteiger partial charge in [-0.2, -0.15) is 9.36 Å². The van der Waals surface area contributed by atoms with Crippen LogP contribution in [-0.4, -0.2) is 117 Å². The maximum Gasteiger partial charge on any atom is 0.325 e. The minimum Gasteiger partial charge on any atom is -0.481 e. The second-order valence-corrected chi connectivity index (χ2v) is 10.9. The molecule has 2 aliphatic heterocycles. The van der Waals surface area contributed by atoms with Crippen molar-refractivity contribution < 1.29 is 34.2 Å². The minimum atomic E-state index is -1.36. The molecule has 0 radical (unpaired) electrons. The van der Waals surface area contributed by atoms with Gasteiger partial charge in [0.25, 0.3) is 5.91 Å². The van der Waals surface area contributed by atoms with E-state index < -0.39 is 47.1 Å². The Morgan fingerprint density at radius 2 is 2.13 bits per heavy atom. The fourth-order valence-electron chi connectivity index (χ4n) is 3.52. The standard InChI is InChI=1S/C17H21N11O7S3/c18-1-2-35-23-8(10-21-15(19)38-24-10)11(31)20-9-12(32)27-4-17(14(33)34,5-36-13(9)27)6-37-16-22-25-26-28(16)3-7(29)30/h9,13H,1-6,18H2,(H,20,31)(H,29,30)(H,33,34)(H2,19,21,24)/t9?,13-,17?/m1/s1. The number of carboxylic acid groups (broad SMARTS) is 2. The molecule has 2 unspecified atom stereocenters. The van der Waals surface area contributed by atoms with Crippen molar-refractivity contribution in [3.63, 3.8) is 0 Å². The molecule has 21 heteroatoms. The van der Waals surface area contributed by atoms with Crippen molar-refractivity contribution in [2.24, 2.45) is 16.3 Å². The highest BCUT2D eigenvalue weighted by Gasteiger charge is 2.57. The van der Waals surface area contributed by atoms with E-state index in [1.807, 2.05) is 0 Å². The number of hydrogen-bond acceptors (Lipinski definition) is 16. The Kier molecular flexibility index (Phi) is 8.28. The molecule has 2 aromatic rings. The summed E-state index contributed by atoms with van der Waals surface area (Å²) in [6, 6.07) is -0.939. The number of rotatable bonds is 12. The van der Waals surface area contributed by atoms with Crippen LogP contribution < -0.4 is 16.8 Å². The fraction of sp³-hybridized carbons (Fsp3) is 0.529. The number of aromatic nitrogens is 6. The van der Waals surface area contributed by atoms with E-state index in [0.29, 0.717) is 0 Å². The van der Waals surface area contributed by atoms with E-state index in [4.69, 9.17) is 21.4 Å². The number of nitrogens with two attached hydrogens (primary N) is 2. The lowest BCUT2D eigenvalue weighted by atomic mass is 9.89. The lowest BCUT2D eigenvalue weighted by Crippen LogP contribution is -2.74. The molecular formula is C17H21N11O7S3. The molecule has 18 nitrogen and oxygen atoms in total. The number of nitrogens with zero attached hydrogens (tertiary/aromatic N) is 8. The van der Waals surface area contributed by atoms with Gasteiger partial charge in [-0.15, -0.1) is 16.9 Å². The molecule has 0 aliphatic carbocycles. The van der Waals surface area contributed by atoms with Crippen molar-refractivity contribution in [2.75, 3.05) is 36.9 Å². The van der Waals surface area contributed by atoms with Crippen LogP contribution in [0, 0.1) is 5.41 Å². The summed E-state index contributed by atoms with van der Waals surface area (Å²) >= 11 is 3.03. The Labute approximate surface area is 225 Å². The number of thioether (sulfide) groups is 2. The van der Waals surface area contributed by atoms with Gasteiger partial charge in [0, 0.05) is 36.1 Å². The molecule has 4 heterocycles. The third-order valence-corrected chi connectivity index (χ3v) is 8.76. The fourth-order valence-corrected chi connectivity index (χ4v) is 6.70. The number of amides is 2. The number of β-lactam (4-membered cyclic amide) rings is 1. The SMILES string of the molecule is NCCON=C(C(=O)NC1C(=O)N2CC(CSc3nnnn3CC(=O)O)(C(=O)O)CS[C@H]12)c1nsc(N)n1. The van der Waals surface area contributed by atoms with E-state index >= 15 is 0 Å². The molecule has 2 aromatic heterocycles. The van der Waals surface area contributed by atoms with Crippen LogP contribution in [0.3, 0.4) is 0 Å². The summed E-state index contributed by atoms with van der Waals surface area (Å²) in [6.07, 6.45) is 0. The van der Waals surface area contributed by atoms with Crippen LogP contribution in [0.25, 0.3) is 0 Å². The van der Waals surface area contributed by atoms with Crippen molar-refractivity contribution in [2.45, 2.75) is 23.1 Å². The predicted molar refractivity (Wildman–Crippen MR) is 132 cm³/mol. The molecule has 38 heavy (non-hydrogen) atoms. The van der Waals surface area contributed by atoms with Gasteiger partial charge in [-0.25, -0.2) is 4.68 Å². The van der Waals surface area contributed by atoms with Crippen molar-refractivity contribution in [3.05, 3.63) is 5.82 Å². The summed E-state index contributed by atoms with van der Waals surface area (Å²) in [5.41, 5.74) is 9.34. The normalized spacial score (nSPS) is 22.9. The molecule has 3 atom stereocenters. The molecule has 2 aliphatic rings. The highest BCUT2D eigenvalue weighted by Crippen LogP contribution is 2.44. The van der Waals surface area contributed by atoms with Gasteiger partial charge in [-0.1, -0.05) is 16.9 Å². The topological polar surface area (TPSA) is 267 Å². The summed E-state index contributed by atoms with van der Waals surface area (Å²) in [5, 5.41) is 35.8. The number of nitrogens with one attached hydrogen (secondary N) is 1. The second-order valence-electron chi connectivity index (χ2n) is 8.02. The number of nitrogen functional groups attached to an aromatic ring is 1. The average Bonchev–Trinajstić information content (AvgIpc) is 3.51. The van der Waals surface area contributed by atoms with E-state index in [-0.39, 0.29) is 53.0 Å². The van der Waals surface area contributed by atoms with Crippen LogP contribution in [-0.2, 0) is 30.6 Å². The van der Waals surface area contributed by atoms with Crippen LogP contribution in [0.1, 0.15) is 5.82 Å². The summed E-state index contributed by atoms with van der Waals surface area (Å²) in [6.45, 7) is -0.423. The lowest BCUT2D eigenvalue weighted by molar-refractivity contribution is -0.157. The van der Waals surface area contributed by atoms with Crippen LogP contribution in [0.4, 0.5) is 5.13 Å². The van der Waals surface area contributed by atoms with Crippen molar-refractivity contribution in [1.82, 2.24) is 39.8 Å². The van der Waals surface area contributed by atoms with Crippen molar-refractivity contribution >= 4 is 69.7 Å². The second kappa shape index (κ2) is 11.4. The molecule has 0 spiro atoms. The van der Waals surface area contributed by atoms with Gasteiger partial charge < -0.3 is 36.7 Å². The number of carboxylic acids is 2. The molecule has 7 N–H and O–H groups in total. The van der Waals surface area contributed by atoms with Gasteiger partial charge in [0.2, 0.25) is 22.6 Å². The number of carbonyl (C=O) groups is 4. The van der Waals surface area contributed by atoms with Gasteiger partial charge in [-0.3, -0.25) is 19.2 Å². The van der Waals surface area contributed by atoms with Crippen LogP contribution in [0.15, 0.2) is 10.3 Å². The molecule has 0 aromatic carbocycles. The molecule has 0 bridgehead atoms.